The summed E-state index contributed by atoms with van der Waals surface area (Å²) in [4.78, 5) is 0. The number of halogens is 2. The summed E-state index contributed by atoms with van der Waals surface area (Å²) in [6, 6.07) is 5.80. The second kappa shape index (κ2) is 4.57. The second-order valence-electron chi connectivity index (χ2n) is 4.44. The van der Waals surface area contributed by atoms with Gasteiger partial charge < -0.3 is 5.11 Å². The van der Waals surface area contributed by atoms with Crippen LogP contribution in [0.25, 0.3) is 11.1 Å². The zero-order valence-electron chi connectivity index (χ0n) is 9.61. The number of aliphatic hydroxyl groups is 1. The van der Waals surface area contributed by atoms with E-state index in [2.05, 4.69) is 5.10 Å². The van der Waals surface area contributed by atoms with Gasteiger partial charge in [-0.2, -0.15) is 5.10 Å². The zero-order chi connectivity index (χ0) is 12.7. The van der Waals surface area contributed by atoms with Gasteiger partial charge in [0.15, 0.2) is 0 Å². The molecule has 0 spiro atoms. The largest absolute Gasteiger partial charge is 0.390 e. The molecule has 18 heavy (non-hydrogen) atoms. The van der Waals surface area contributed by atoms with Gasteiger partial charge in [0.25, 0.3) is 0 Å². The van der Waals surface area contributed by atoms with Gasteiger partial charge in [0.2, 0.25) is 0 Å². The molecule has 0 radical (unpaired) electrons. The number of aromatic nitrogens is 2. The lowest BCUT2D eigenvalue weighted by atomic mass is 10.1. The lowest BCUT2D eigenvalue weighted by Crippen LogP contribution is -2.03. The fraction of sp³-hybridized carbons (Fsp3) is 0.308. The van der Waals surface area contributed by atoms with E-state index in [1.165, 1.54) is 0 Å². The first kappa shape index (κ1) is 12.0. The minimum absolute atomic E-state index is 0.0621. The van der Waals surface area contributed by atoms with Gasteiger partial charge >= 0.3 is 0 Å². The van der Waals surface area contributed by atoms with Gasteiger partial charge in [0, 0.05) is 11.1 Å². The van der Waals surface area contributed by atoms with Crippen LogP contribution < -0.4 is 0 Å². The molecule has 0 aliphatic heterocycles. The zero-order valence-corrected chi connectivity index (χ0v) is 11.1. The van der Waals surface area contributed by atoms with Crippen molar-refractivity contribution < 1.29 is 5.11 Å². The van der Waals surface area contributed by atoms with Crippen LogP contribution in [0.2, 0.25) is 10.0 Å². The number of rotatable bonds is 3. The molecule has 1 fully saturated rings. The van der Waals surface area contributed by atoms with Gasteiger partial charge in [0.05, 0.1) is 34.6 Å². The number of nitrogens with zero attached hydrogens (tertiary/aromatic N) is 2. The fourth-order valence-electron chi connectivity index (χ4n) is 2.14. The van der Waals surface area contributed by atoms with E-state index in [9.17, 15) is 5.11 Å². The highest BCUT2D eigenvalue weighted by Gasteiger charge is 2.28. The van der Waals surface area contributed by atoms with Crippen LogP contribution >= 0.6 is 23.2 Å². The lowest BCUT2D eigenvalue weighted by molar-refractivity contribution is 0.268. The molecule has 1 aromatic carbocycles. The van der Waals surface area contributed by atoms with E-state index in [-0.39, 0.29) is 6.61 Å². The molecule has 1 N–H and O–H groups in total. The number of hydrogen-bond donors (Lipinski definition) is 1. The highest BCUT2D eigenvalue weighted by Crippen LogP contribution is 2.41. The smallest absolute Gasteiger partial charge is 0.0856 e. The van der Waals surface area contributed by atoms with E-state index in [4.69, 9.17) is 23.2 Å². The van der Waals surface area contributed by atoms with Crippen LogP contribution in [0, 0.1) is 0 Å². The lowest BCUT2D eigenvalue weighted by Gasteiger charge is -2.09. The van der Waals surface area contributed by atoms with E-state index >= 15 is 0 Å². The molecule has 2 aromatic rings. The molecule has 1 aromatic heterocycles. The minimum Gasteiger partial charge on any atom is -0.390 e. The van der Waals surface area contributed by atoms with Crippen LogP contribution in [0.1, 0.15) is 24.6 Å². The molecule has 94 valence electrons. The Kier molecular flexibility index (Phi) is 3.06. The molecule has 0 amide bonds. The topological polar surface area (TPSA) is 38.1 Å². The standard InChI is InChI=1S/C13H12Cl2N2O/c14-10-2-1-3-11(15)13(10)9-6-16-17(8-4-5-8)12(9)7-18/h1-3,6,8,18H,4-5,7H2. The molecule has 3 rings (SSSR count). The Morgan fingerprint density at radius 2 is 1.94 bits per heavy atom. The molecule has 1 saturated carbocycles. The van der Waals surface area contributed by atoms with Gasteiger partial charge in [-0.25, -0.2) is 0 Å². The van der Waals surface area contributed by atoms with E-state index in [1.54, 1.807) is 24.4 Å². The Morgan fingerprint density at radius 3 is 2.50 bits per heavy atom. The Hall–Kier alpha value is -1.03. The van der Waals surface area contributed by atoms with Crippen LogP contribution in [0.3, 0.4) is 0 Å². The quantitative estimate of drug-likeness (QED) is 0.933. The minimum atomic E-state index is -0.0621. The molecule has 0 bridgehead atoms. The number of hydrogen-bond acceptors (Lipinski definition) is 2. The molecule has 0 atom stereocenters. The van der Waals surface area contributed by atoms with Crippen molar-refractivity contribution in [2.75, 3.05) is 0 Å². The first-order valence-electron chi connectivity index (χ1n) is 5.84. The fourth-order valence-corrected chi connectivity index (χ4v) is 2.74. The molecule has 5 heteroatoms. The van der Waals surface area contributed by atoms with Crippen LogP contribution in [0.15, 0.2) is 24.4 Å². The van der Waals surface area contributed by atoms with Gasteiger partial charge in [0.1, 0.15) is 0 Å². The van der Waals surface area contributed by atoms with Crippen molar-refractivity contribution >= 4 is 23.2 Å². The first-order chi connectivity index (χ1) is 8.72. The SMILES string of the molecule is OCc1c(-c2c(Cl)cccc2Cl)cnn1C1CC1. The number of benzene rings is 1. The highest BCUT2D eigenvalue weighted by molar-refractivity contribution is 6.39. The van der Waals surface area contributed by atoms with Crippen molar-refractivity contribution in [2.45, 2.75) is 25.5 Å². The van der Waals surface area contributed by atoms with Gasteiger partial charge in [-0.05, 0) is 25.0 Å². The first-order valence-corrected chi connectivity index (χ1v) is 6.59. The van der Waals surface area contributed by atoms with Crippen LogP contribution in [0.4, 0.5) is 0 Å². The average molecular weight is 283 g/mol. The molecule has 0 unspecified atom stereocenters. The van der Waals surface area contributed by atoms with Crippen molar-refractivity contribution in [3.63, 3.8) is 0 Å². The number of aliphatic hydroxyl groups excluding tert-OH is 1. The van der Waals surface area contributed by atoms with Crippen LogP contribution in [-0.2, 0) is 6.61 Å². The molecule has 3 nitrogen and oxygen atoms in total. The summed E-state index contributed by atoms with van der Waals surface area (Å²) in [5.41, 5.74) is 2.35. The summed E-state index contributed by atoms with van der Waals surface area (Å²) in [5.74, 6) is 0. The molecule has 1 heterocycles. The summed E-state index contributed by atoms with van der Waals surface area (Å²) < 4.78 is 1.88. The predicted octanol–water partition coefficient (Wildman–Crippen LogP) is 3.68. The van der Waals surface area contributed by atoms with Gasteiger partial charge in [-0.3, -0.25) is 4.68 Å². The Bertz CT molecular complexity index is 570. The summed E-state index contributed by atoms with van der Waals surface area (Å²) in [6.07, 6.45) is 3.96. The summed E-state index contributed by atoms with van der Waals surface area (Å²) in [7, 11) is 0. The maximum Gasteiger partial charge on any atom is 0.0856 e. The van der Waals surface area contributed by atoms with Crippen molar-refractivity contribution in [1.82, 2.24) is 9.78 Å². The third-order valence-electron chi connectivity index (χ3n) is 3.17. The maximum absolute atomic E-state index is 9.56. The highest BCUT2D eigenvalue weighted by atomic mass is 35.5. The summed E-state index contributed by atoms with van der Waals surface area (Å²) in [6.45, 7) is -0.0621. The van der Waals surface area contributed by atoms with E-state index in [0.29, 0.717) is 16.1 Å². The Labute approximate surface area is 115 Å². The van der Waals surface area contributed by atoms with E-state index in [1.807, 2.05) is 4.68 Å². The van der Waals surface area contributed by atoms with Crippen molar-refractivity contribution in [3.05, 3.63) is 40.1 Å². The van der Waals surface area contributed by atoms with Crippen LogP contribution in [0.5, 0.6) is 0 Å². The van der Waals surface area contributed by atoms with Crippen molar-refractivity contribution in [3.8, 4) is 11.1 Å². The molecule has 1 aliphatic carbocycles. The Balaban J connectivity index is 2.16. The van der Waals surface area contributed by atoms with Crippen LogP contribution in [-0.4, -0.2) is 14.9 Å². The molecular weight excluding hydrogens is 271 g/mol. The monoisotopic (exact) mass is 282 g/mol. The average Bonchev–Trinajstić information content (AvgIpc) is 3.10. The third kappa shape index (κ3) is 1.92. The normalized spacial score (nSPS) is 15.1. The molecular formula is C13H12Cl2N2O. The maximum atomic E-state index is 9.56. The van der Waals surface area contributed by atoms with Gasteiger partial charge in [-0.1, -0.05) is 29.3 Å². The van der Waals surface area contributed by atoms with Crippen molar-refractivity contribution in [1.29, 1.82) is 0 Å². The van der Waals surface area contributed by atoms with Gasteiger partial charge in [-0.15, -0.1) is 0 Å². The second-order valence-corrected chi connectivity index (χ2v) is 5.25. The predicted molar refractivity (Wildman–Crippen MR) is 71.9 cm³/mol. The van der Waals surface area contributed by atoms with E-state index < -0.39 is 0 Å². The molecule has 0 saturated heterocycles. The van der Waals surface area contributed by atoms with Crippen molar-refractivity contribution in [2.24, 2.45) is 0 Å². The Morgan fingerprint density at radius 1 is 1.28 bits per heavy atom. The van der Waals surface area contributed by atoms with E-state index in [0.717, 1.165) is 29.7 Å². The molecule has 1 aliphatic rings. The summed E-state index contributed by atoms with van der Waals surface area (Å²) >= 11 is 12.4. The summed E-state index contributed by atoms with van der Waals surface area (Å²) in [5, 5.41) is 15.1. The third-order valence-corrected chi connectivity index (χ3v) is 3.80.